The number of nitrogens with one attached hydrogen (secondary N) is 3. The van der Waals surface area contributed by atoms with Gasteiger partial charge in [-0.2, -0.15) is 0 Å². The van der Waals surface area contributed by atoms with Crippen LogP contribution in [0.3, 0.4) is 0 Å². The third-order valence-corrected chi connectivity index (χ3v) is 4.42. The van der Waals surface area contributed by atoms with Crippen molar-refractivity contribution in [3.63, 3.8) is 0 Å². The molecule has 0 heterocycles. The van der Waals surface area contributed by atoms with E-state index < -0.39 is 66.6 Å². The summed E-state index contributed by atoms with van der Waals surface area (Å²) in [5, 5.41) is 16.1. The highest BCUT2D eigenvalue weighted by Crippen LogP contribution is 2.03. The van der Waals surface area contributed by atoms with Crippen molar-refractivity contribution in [2.24, 2.45) is 17.2 Å². The van der Waals surface area contributed by atoms with Gasteiger partial charge in [-0.3, -0.25) is 24.0 Å². The van der Waals surface area contributed by atoms with Crippen LogP contribution in [0, 0.1) is 0 Å². The molecule has 13 heteroatoms. The Hall–Kier alpha value is -4.00. The fraction of sp³-hybridized carbons (Fsp3) is 0.400. The van der Waals surface area contributed by atoms with Gasteiger partial charge in [0.15, 0.2) is 0 Å². The average molecular weight is 464 g/mol. The molecule has 0 aromatic heterocycles. The molecule has 1 rings (SSSR count). The minimum Gasteiger partial charge on any atom is -0.480 e. The Balaban J connectivity index is 2.66. The topological polar surface area (TPSA) is 237 Å². The predicted molar refractivity (Wildman–Crippen MR) is 115 cm³/mol. The van der Waals surface area contributed by atoms with E-state index in [0.29, 0.717) is 5.56 Å². The maximum Gasteiger partial charge on any atom is 0.326 e. The summed E-state index contributed by atoms with van der Waals surface area (Å²) in [7, 11) is 0. The van der Waals surface area contributed by atoms with Crippen molar-refractivity contribution < 1.29 is 33.9 Å². The van der Waals surface area contributed by atoms with Gasteiger partial charge in [-0.25, -0.2) is 4.79 Å². The molecular formula is C20H28N6O7. The lowest BCUT2D eigenvalue weighted by Crippen LogP contribution is -2.54. The third kappa shape index (κ3) is 10.7. The second-order valence-corrected chi connectivity index (χ2v) is 7.21. The molecule has 0 saturated heterocycles. The maximum atomic E-state index is 12.4. The van der Waals surface area contributed by atoms with Gasteiger partial charge in [0, 0.05) is 12.8 Å². The molecule has 3 atom stereocenters. The Labute approximate surface area is 189 Å². The van der Waals surface area contributed by atoms with Crippen molar-refractivity contribution in [3.05, 3.63) is 35.9 Å². The Kier molecular flexibility index (Phi) is 11.0. The van der Waals surface area contributed by atoms with Crippen LogP contribution in [0.2, 0.25) is 0 Å². The van der Waals surface area contributed by atoms with E-state index in [4.69, 9.17) is 17.2 Å². The van der Waals surface area contributed by atoms with Crippen molar-refractivity contribution in [2.75, 3.05) is 6.54 Å². The first-order valence-corrected chi connectivity index (χ1v) is 9.96. The zero-order chi connectivity index (χ0) is 25.0. The van der Waals surface area contributed by atoms with Crippen LogP contribution >= 0.6 is 0 Å². The number of carbonyl (C=O) groups excluding carboxylic acids is 5. The summed E-state index contributed by atoms with van der Waals surface area (Å²) in [4.78, 5) is 70.2. The second-order valence-electron chi connectivity index (χ2n) is 7.21. The lowest BCUT2D eigenvalue weighted by molar-refractivity contribution is -0.141. The van der Waals surface area contributed by atoms with E-state index in [1.54, 1.807) is 30.3 Å². The highest BCUT2D eigenvalue weighted by atomic mass is 16.4. The van der Waals surface area contributed by atoms with Crippen molar-refractivity contribution in [1.29, 1.82) is 0 Å². The molecule has 0 saturated carbocycles. The summed E-state index contributed by atoms with van der Waals surface area (Å²) < 4.78 is 0. The van der Waals surface area contributed by atoms with E-state index in [2.05, 4.69) is 16.0 Å². The van der Waals surface area contributed by atoms with E-state index >= 15 is 0 Å². The molecule has 0 aliphatic carbocycles. The molecule has 1 aromatic rings. The number of rotatable bonds is 14. The molecule has 10 N–H and O–H groups in total. The third-order valence-electron chi connectivity index (χ3n) is 4.42. The Bertz CT molecular complexity index is 877. The number of primary amides is 2. The number of nitrogens with two attached hydrogens (primary N) is 3. The average Bonchev–Trinajstić information content (AvgIpc) is 2.75. The van der Waals surface area contributed by atoms with E-state index in [9.17, 15) is 33.9 Å². The fourth-order valence-corrected chi connectivity index (χ4v) is 2.70. The van der Waals surface area contributed by atoms with Gasteiger partial charge >= 0.3 is 5.97 Å². The van der Waals surface area contributed by atoms with Gasteiger partial charge in [-0.05, 0) is 12.0 Å². The van der Waals surface area contributed by atoms with Gasteiger partial charge in [-0.15, -0.1) is 0 Å². The minimum atomic E-state index is -1.43. The van der Waals surface area contributed by atoms with Crippen LogP contribution in [0.25, 0.3) is 0 Å². The lowest BCUT2D eigenvalue weighted by atomic mass is 10.1. The minimum absolute atomic E-state index is 0.0272. The van der Waals surface area contributed by atoms with Gasteiger partial charge < -0.3 is 38.3 Å². The van der Waals surface area contributed by atoms with Crippen LogP contribution < -0.4 is 33.2 Å². The van der Waals surface area contributed by atoms with Crippen LogP contribution in [0.4, 0.5) is 0 Å². The molecule has 0 radical (unpaired) electrons. The number of benzene rings is 1. The van der Waals surface area contributed by atoms with Crippen LogP contribution in [0.15, 0.2) is 30.3 Å². The number of carbonyl (C=O) groups is 6. The van der Waals surface area contributed by atoms with Crippen molar-refractivity contribution in [2.45, 2.75) is 43.8 Å². The Morgan fingerprint density at radius 2 is 1.52 bits per heavy atom. The van der Waals surface area contributed by atoms with E-state index in [1.165, 1.54) is 0 Å². The zero-order valence-corrected chi connectivity index (χ0v) is 17.8. The summed E-state index contributed by atoms with van der Waals surface area (Å²) in [6, 6.07) is 4.79. The lowest BCUT2D eigenvalue weighted by Gasteiger charge is -2.20. The van der Waals surface area contributed by atoms with Crippen LogP contribution in [0.1, 0.15) is 24.8 Å². The molecule has 5 amide bonds. The number of hydrogen-bond acceptors (Lipinski definition) is 7. The van der Waals surface area contributed by atoms with Gasteiger partial charge in [0.05, 0.1) is 19.0 Å². The van der Waals surface area contributed by atoms with Gasteiger partial charge in [0.1, 0.15) is 12.1 Å². The Morgan fingerprint density at radius 3 is 2.06 bits per heavy atom. The van der Waals surface area contributed by atoms with Gasteiger partial charge in [0.25, 0.3) is 0 Å². The molecule has 1 aromatic carbocycles. The first-order valence-electron chi connectivity index (χ1n) is 9.96. The highest BCUT2D eigenvalue weighted by molar-refractivity contribution is 5.95. The molecule has 0 spiro atoms. The molecule has 0 aliphatic rings. The summed E-state index contributed by atoms with van der Waals surface area (Å²) in [6.45, 7) is -0.615. The normalized spacial score (nSPS) is 13.1. The largest absolute Gasteiger partial charge is 0.480 e. The van der Waals surface area contributed by atoms with Gasteiger partial charge in [-0.1, -0.05) is 30.3 Å². The number of hydrogen-bond donors (Lipinski definition) is 7. The van der Waals surface area contributed by atoms with Crippen LogP contribution in [-0.4, -0.2) is 65.3 Å². The smallest absolute Gasteiger partial charge is 0.326 e. The monoisotopic (exact) mass is 464 g/mol. The quantitative estimate of drug-likeness (QED) is 0.148. The van der Waals surface area contributed by atoms with Crippen molar-refractivity contribution in [3.8, 4) is 0 Å². The number of aliphatic carboxylic acids is 1. The highest BCUT2D eigenvalue weighted by Gasteiger charge is 2.26. The molecule has 180 valence electrons. The maximum absolute atomic E-state index is 12.4. The number of carboxylic acids is 1. The van der Waals surface area contributed by atoms with Crippen LogP contribution in [-0.2, 0) is 35.2 Å². The van der Waals surface area contributed by atoms with E-state index in [-0.39, 0.29) is 19.3 Å². The number of carboxylic acid groups (broad SMARTS) is 1. The standard InChI is InChI=1S/C20H28N6O7/c21-12(6-7-15(22)27)18(30)26-13(9-16(23)28)19(31)24-10-17(29)25-14(20(32)33)8-11-4-2-1-3-5-11/h1-5,12-14H,6-10,21H2,(H2,22,27)(H2,23,28)(H,24,31)(H,25,29)(H,26,30)(H,32,33). The molecule has 0 fully saturated rings. The van der Waals surface area contributed by atoms with E-state index in [1.807, 2.05) is 0 Å². The summed E-state index contributed by atoms with van der Waals surface area (Å²) >= 11 is 0. The number of amides is 5. The summed E-state index contributed by atoms with van der Waals surface area (Å²) in [5.74, 6) is -5.36. The molecule has 13 nitrogen and oxygen atoms in total. The van der Waals surface area contributed by atoms with Crippen LogP contribution in [0.5, 0.6) is 0 Å². The summed E-state index contributed by atoms with van der Waals surface area (Å²) in [6.07, 6.45) is -0.783. The second kappa shape index (κ2) is 13.4. The molecule has 0 bridgehead atoms. The first kappa shape index (κ1) is 27.0. The predicted octanol–water partition coefficient (Wildman–Crippen LogP) is -3.13. The summed E-state index contributed by atoms with van der Waals surface area (Å²) in [5.41, 5.74) is 16.4. The SMILES string of the molecule is NC(=O)CCC(N)C(=O)NC(CC(N)=O)C(=O)NCC(=O)NC(Cc1ccccc1)C(=O)O. The van der Waals surface area contributed by atoms with Crippen molar-refractivity contribution >= 4 is 35.5 Å². The molecule has 3 unspecified atom stereocenters. The first-order chi connectivity index (χ1) is 15.5. The van der Waals surface area contributed by atoms with Crippen molar-refractivity contribution in [1.82, 2.24) is 16.0 Å². The molecule has 33 heavy (non-hydrogen) atoms. The van der Waals surface area contributed by atoms with E-state index in [0.717, 1.165) is 0 Å². The molecular weight excluding hydrogens is 436 g/mol. The van der Waals surface area contributed by atoms with Gasteiger partial charge in [0.2, 0.25) is 29.5 Å². The fourth-order valence-electron chi connectivity index (χ4n) is 2.70. The Morgan fingerprint density at radius 1 is 0.879 bits per heavy atom. The zero-order valence-electron chi connectivity index (χ0n) is 17.8. The molecule has 0 aliphatic heterocycles.